The predicted molar refractivity (Wildman–Crippen MR) is 107 cm³/mol. The highest BCUT2D eigenvalue weighted by Gasteiger charge is 2.28. The number of benzene rings is 2. The van der Waals surface area contributed by atoms with E-state index < -0.39 is 0 Å². The molecule has 0 aliphatic heterocycles. The van der Waals surface area contributed by atoms with E-state index in [1.54, 1.807) is 25.1 Å². The molecule has 0 unspecified atom stereocenters. The summed E-state index contributed by atoms with van der Waals surface area (Å²) < 4.78 is 19.1. The zero-order valence-corrected chi connectivity index (χ0v) is 16.3. The molecule has 1 amide bonds. The van der Waals surface area contributed by atoms with Crippen LogP contribution in [0.3, 0.4) is 0 Å². The van der Waals surface area contributed by atoms with E-state index in [1.807, 2.05) is 37.3 Å². The molecule has 2 aromatic carbocycles. The van der Waals surface area contributed by atoms with Gasteiger partial charge < -0.3 is 9.64 Å². The van der Waals surface area contributed by atoms with Gasteiger partial charge in [-0.1, -0.05) is 12.1 Å². The first kappa shape index (κ1) is 18.4. The molecular formula is C23H23FN2O2. The van der Waals surface area contributed by atoms with Crippen molar-refractivity contribution in [2.24, 2.45) is 0 Å². The fourth-order valence-corrected chi connectivity index (χ4v) is 3.46. The quantitative estimate of drug-likeness (QED) is 0.621. The van der Waals surface area contributed by atoms with Crippen molar-refractivity contribution in [1.29, 1.82) is 0 Å². The van der Waals surface area contributed by atoms with Crippen LogP contribution in [0, 0.1) is 5.82 Å². The van der Waals surface area contributed by atoms with Gasteiger partial charge in [0.2, 0.25) is 0 Å². The van der Waals surface area contributed by atoms with Gasteiger partial charge in [-0.25, -0.2) is 4.39 Å². The number of halogens is 1. The van der Waals surface area contributed by atoms with Gasteiger partial charge in [0.1, 0.15) is 11.6 Å². The molecule has 1 atom stereocenters. The highest BCUT2D eigenvalue weighted by Crippen LogP contribution is 2.40. The number of rotatable bonds is 5. The molecule has 4 nitrogen and oxygen atoms in total. The molecule has 0 bridgehead atoms. The zero-order valence-electron chi connectivity index (χ0n) is 16.3. The Hall–Kier alpha value is -2.95. The van der Waals surface area contributed by atoms with Crippen LogP contribution in [0.2, 0.25) is 0 Å². The zero-order chi connectivity index (χ0) is 19.8. The van der Waals surface area contributed by atoms with Gasteiger partial charge in [0.05, 0.1) is 24.2 Å². The summed E-state index contributed by atoms with van der Waals surface area (Å²) in [6.07, 6.45) is 2.18. The first-order valence-corrected chi connectivity index (χ1v) is 9.49. The minimum absolute atomic E-state index is 0.136. The normalized spacial score (nSPS) is 14.7. The highest BCUT2D eigenvalue weighted by molar-refractivity contribution is 6.06. The van der Waals surface area contributed by atoms with Crippen LogP contribution in [0.5, 0.6) is 5.75 Å². The molecule has 1 saturated carbocycles. The van der Waals surface area contributed by atoms with Crippen molar-refractivity contribution < 1.29 is 13.9 Å². The van der Waals surface area contributed by atoms with Gasteiger partial charge in [-0.3, -0.25) is 9.78 Å². The molecular weight excluding hydrogens is 355 g/mol. The Labute approximate surface area is 164 Å². The van der Waals surface area contributed by atoms with E-state index in [4.69, 9.17) is 4.74 Å². The predicted octanol–water partition coefficient (Wildman–Crippen LogP) is 5.09. The fourth-order valence-electron chi connectivity index (χ4n) is 3.46. The largest absolute Gasteiger partial charge is 0.497 e. The van der Waals surface area contributed by atoms with Crippen LogP contribution < -0.4 is 4.74 Å². The summed E-state index contributed by atoms with van der Waals surface area (Å²) in [7, 11) is 3.40. The average molecular weight is 378 g/mol. The van der Waals surface area contributed by atoms with E-state index in [0.29, 0.717) is 22.4 Å². The highest BCUT2D eigenvalue weighted by atomic mass is 19.1. The van der Waals surface area contributed by atoms with Crippen molar-refractivity contribution in [2.75, 3.05) is 14.2 Å². The molecule has 4 rings (SSSR count). The summed E-state index contributed by atoms with van der Waals surface area (Å²) in [6.45, 7) is 1.98. The Bertz CT molecular complexity index is 1030. The molecule has 5 heteroatoms. The number of hydrogen-bond acceptors (Lipinski definition) is 3. The van der Waals surface area contributed by atoms with Crippen molar-refractivity contribution in [3.8, 4) is 5.75 Å². The molecule has 0 radical (unpaired) electrons. The molecule has 1 aliphatic rings. The minimum atomic E-state index is -0.367. The Morgan fingerprint density at radius 1 is 1.18 bits per heavy atom. The van der Waals surface area contributed by atoms with Crippen LogP contribution in [0.15, 0.2) is 48.5 Å². The van der Waals surface area contributed by atoms with E-state index in [0.717, 1.165) is 29.8 Å². The van der Waals surface area contributed by atoms with Crippen molar-refractivity contribution in [3.63, 3.8) is 0 Å². The summed E-state index contributed by atoms with van der Waals surface area (Å²) in [4.78, 5) is 19.7. The monoisotopic (exact) mass is 378 g/mol. The molecule has 0 saturated heterocycles. The molecule has 28 heavy (non-hydrogen) atoms. The number of aromatic nitrogens is 1. The number of carbonyl (C=O) groups excluding carboxylic acids is 1. The fraction of sp³-hybridized carbons (Fsp3) is 0.304. The SMILES string of the molecule is COc1ccc([C@H](C)N(C)C(=O)c2cc(C3CC3)nc3ccc(F)cc23)cc1. The number of hydrogen-bond donors (Lipinski definition) is 0. The molecule has 1 fully saturated rings. The van der Waals surface area contributed by atoms with Gasteiger partial charge in [-0.15, -0.1) is 0 Å². The van der Waals surface area contributed by atoms with Gasteiger partial charge in [0.25, 0.3) is 5.91 Å². The van der Waals surface area contributed by atoms with Crippen molar-refractivity contribution >= 4 is 16.8 Å². The number of pyridine rings is 1. The Morgan fingerprint density at radius 3 is 2.54 bits per heavy atom. The molecule has 1 heterocycles. The Balaban J connectivity index is 1.71. The third kappa shape index (κ3) is 3.44. The number of amides is 1. The number of methoxy groups -OCH3 is 1. The second-order valence-electron chi connectivity index (χ2n) is 7.40. The smallest absolute Gasteiger partial charge is 0.254 e. The molecule has 144 valence electrons. The van der Waals surface area contributed by atoms with Crippen molar-refractivity contribution in [3.05, 3.63) is 71.2 Å². The minimum Gasteiger partial charge on any atom is -0.497 e. The maximum absolute atomic E-state index is 13.9. The van der Waals surface area contributed by atoms with Gasteiger partial charge >= 0.3 is 0 Å². The summed E-state index contributed by atoms with van der Waals surface area (Å²) in [5, 5.41) is 0.559. The van der Waals surface area contributed by atoms with Gasteiger partial charge in [-0.2, -0.15) is 0 Å². The van der Waals surface area contributed by atoms with Crippen LogP contribution in [0.1, 0.15) is 53.3 Å². The molecule has 0 spiro atoms. The van der Waals surface area contributed by atoms with Crippen molar-refractivity contribution in [1.82, 2.24) is 9.88 Å². The third-order valence-corrected chi connectivity index (χ3v) is 5.52. The topological polar surface area (TPSA) is 42.4 Å². The molecule has 0 N–H and O–H groups in total. The standard InChI is InChI=1S/C23H23FN2O2/c1-14(15-6-9-18(28-3)10-7-15)26(2)23(27)20-13-22(16-4-5-16)25-21-11-8-17(24)12-19(20)21/h6-14,16H,4-5H2,1-3H3/t14-/m0/s1. The maximum Gasteiger partial charge on any atom is 0.254 e. The van der Waals surface area contributed by atoms with Crippen LogP contribution in [-0.4, -0.2) is 29.9 Å². The van der Waals surface area contributed by atoms with Gasteiger partial charge in [-0.05, 0) is 61.7 Å². The van der Waals surface area contributed by atoms with E-state index in [9.17, 15) is 9.18 Å². The Morgan fingerprint density at radius 2 is 1.89 bits per heavy atom. The maximum atomic E-state index is 13.9. The summed E-state index contributed by atoms with van der Waals surface area (Å²) in [5.74, 6) is 0.677. The van der Waals surface area contributed by atoms with E-state index in [1.165, 1.54) is 12.1 Å². The summed E-state index contributed by atoms with van der Waals surface area (Å²) in [5.41, 5.74) is 3.10. The first-order valence-electron chi connectivity index (χ1n) is 9.49. The average Bonchev–Trinajstić information content (AvgIpc) is 3.57. The molecule has 1 aromatic heterocycles. The van der Waals surface area contributed by atoms with E-state index in [2.05, 4.69) is 4.98 Å². The lowest BCUT2D eigenvalue weighted by Gasteiger charge is -2.26. The third-order valence-electron chi connectivity index (χ3n) is 5.52. The lowest BCUT2D eigenvalue weighted by atomic mass is 10.0. The van der Waals surface area contributed by atoms with Gasteiger partial charge in [0.15, 0.2) is 0 Å². The van der Waals surface area contributed by atoms with E-state index in [-0.39, 0.29) is 17.8 Å². The van der Waals surface area contributed by atoms with Crippen LogP contribution in [0.4, 0.5) is 4.39 Å². The molecule has 1 aliphatic carbocycles. The summed E-state index contributed by atoms with van der Waals surface area (Å²) >= 11 is 0. The van der Waals surface area contributed by atoms with Crippen LogP contribution in [-0.2, 0) is 0 Å². The van der Waals surface area contributed by atoms with E-state index >= 15 is 0 Å². The first-order chi connectivity index (χ1) is 13.5. The lowest BCUT2D eigenvalue weighted by molar-refractivity contribution is 0.0744. The van der Waals surface area contributed by atoms with Gasteiger partial charge in [0, 0.05) is 24.0 Å². The lowest BCUT2D eigenvalue weighted by Crippen LogP contribution is -2.30. The number of ether oxygens (including phenoxy) is 1. The molecule has 3 aromatic rings. The Kier molecular flexibility index (Phi) is 4.75. The second kappa shape index (κ2) is 7.23. The van der Waals surface area contributed by atoms with Crippen LogP contribution >= 0.6 is 0 Å². The summed E-state index contributed by atoms with van der Waals surface area (Å²) in [6, 6.07) is 13.8. The number of carbonyl (C=O) groups is 1. The number of nitrogens with zero attached hydrogens (tertiary/aromatic N) is 2. The number of fused-ring (bicyclic) bond motifs is 1. The van der Waals surface area contributed by atoms with Crippen molar-refractivity contribution in [2.45, 2.75) is 31.7 Å². The second-order valence-corrected chi connectivity index (χ2v) is 7.40. The van der Waals surface area contributed by atoms with Crippen LogP contribution in [0.25, 0.3) is 10.9 Å².